The number of pyridine rings is 1. The van der Waals surface area contributed by atoms with Crippen molar-refractivity contribution < 1.29 is 14.3 Å². The molecule has 0 saturated heterocycles. The van der Waals surface area contributed by atoms with Gasteiger partial charge in [0.15, 0.2) is 0 Å². The molecule has 0 spiro atoms. The van der Waals surface area contributed by atoms with Gasteiger partial charge in [-0.25, -0.2) is 4.98 Å². The van der Waals surface area contributed by atoms with E-state index in [0.717, 1.165) is 0 Å². The highest BCUT2D eigenvalue weighted by Crippen LogP contribution is 2.36. The number of rotatable bonds is 5. The minimum Gasteiger partial charge on any atom is -0.495 e. The van der Waals surface area contributed by atoms with Crippen molar-refractivity contribution in [2.45, 2.75) is 5.03 Å². The fourth-order valence-corrected chi connectivity index (χ4v) is 2.65. The normalized spacial score (nSPS) is 10.2. The molecule has 1 heterocycles. The van der Waals surface area contributed by atoms with E-state index in [-0.39, 0.29) is 5.91 Å². The van der Waals surface area contributed by atoms with Crippen LogP contribution in [-0.2, 0) is 0 Å². The van der Waals surface area contributed by atoms with Crippen LogP contribution >= 0.6 is 23.4 Å². The number of thioether (sulfide) groups is 1. The second kappa shape index (κ2) is 7.38. The number of methoxy groups -OCH3 is 2. The maximum Gasteiger partial charge on any atom is 0.258 e. The van der Waals surface area contributed by atoms with E-state index in [1.165, 1.54) is 26.0 Å². The van der Waals surface area contributed by atoms with Gasteiger partial charge in [0.25, 0.3) is 5.91 Å². The largest absolute Gasteiger partial charge is 0.495 e. The fraction of sp³-hybridized carbons (Fsp3) is 0.200. The summed E-state index contributed by atoms with van der Waals surface area (Å²) in [5.74, 6) is 0.628. The van der Waals surface area contributed by atoms with Crippen molar-refractivity contribution in [1.82, 2.24) is 4.98 Å². The number of nitrogens with zero attached hydrogens (tertiary/aromatic N) is 1. The number of nitrogens with one attached hydrogen (secondary N) is 1. The minimum absolute atomic E-state index is 0.278. The molecule has 1 aromatic carbocycles. The zero-order chi connectivity index (χ0) is 16.1. The van der Waals surface area contributed by atoms with Gasteiger partial charge in [-0.3, -0.25) is 4.79 Å². The number of benzene rings is 1. The number of halogens is 1. The molecule has 0 aliphatic heterocycles. The Kier molecular flexibility index (Phi) is 5.51. The second-order valence-electron chi connectivity index (χ2n) is 4.20. The van der Waals surface area contributed by atoms with Crippen LogP contribution in [0.2, 0.25) is 5.02 Å². The van der Waals surface area contributed by atoms with E-state index in [1.54, 1.807) is 30.5 Å². The van der Waals surface area contributed by atoms with Gasteiger partial charge in [-0.1, -0.05) is 11.6 Å². The molecule has 0 radical (unpaired) electrons. The van der Waals surface area contributed by atoms with Gasteiger partial charge >= 0.3 is 0 Å². The van der Waals surface area contributed by atoms with Crippen LogP contribution in [0, 0.1) is 0 Å². The first-order valence-electron chi connectivity index (χ1n) is 6.32. The smallest absolute Gasteiger partial charge is 0.258 e. The zero-order valence-corrected chi connectivity index (χ0v) is 13.9. The number of carbonyl (C=O) groups is 1. The summed E-state index contributed by atoms with van der Waals surface area (Å²) in [5.41, 5.74) is 0.968. The maximum absolute atomic E-state index is 12.5. The molecule has 1 aromatic heterocycles. The molecule has 116 valence electrons. The molecule has 0 aliphatic carbocycles. The molecule has 22 heavy (non-hydrogen) atoms. The molecule has 0 unspecified atom stereocenters. The summed E-state index contributed by atoms with van der Waals surface area (Å²) >= 11 is 7.46. The highest BCUT2D eigenvalue weighted by Gasteiger charge is 2.16. The first-order valence-corrected chi connectivity index (χ1v) is 7.92. The number of hydrogen-bond donors (Lipinski definition) is 1. The third kappa shape index (κ3) is 3.45. The average molecular weight is 339 g/mol. The van der Waals surface area contributed by atoms with Crippen LogP contribution in [-0.4, -0.2) is 31.4 Å². The van der Waals surface area contributed by atoms with E-state index in [0.29, 0.717) is 32.8 Å². The van der Waals surface area contributed by atoms with Gasteiger partial charge in [0.2, 0.25) is 0 Å². The zero-order valence-electron chi connectivity index (χ0n) is 12.3. The highest BCUT2D eigenvalue weighted by atomic mass is 35.5. The Morgan fingerprint density at radius 1 is 1.27 bits per heavy atom. The lowest BCUT2D eigenvalue weighted by molar-refractivity contribution is 0.102. The van der Waals surface area contributed by atoms with Crippen molar-refractivity contribution in [3.63, 3.8) is 0 Å². The monoisotopic (exact) mass is 338 g/mol. The van der Waals surface area contributed by atoms with E-state index in [4.69, 9.17) is 21.1 Å². The molecule has 2 rings (SSSR count). The van der Waals surface area contributed by atoms with Crippen molar-refractivity contribution in [3.8, 4) is 11.5 Å². The first-order chi connectivity index (χ1) is 10.6. The van der Waals surface area contributed by atoms with Crippen molar-refractivity contribution in [2.75, 3.05) is 25.8 Å². The highest BCUT2D eigenvalue weighted by molar-refractivity contribution is 7.98. The fourth-order valence-electron chi connectivity index (χ4n) is 1.87. The number of amides is 1. The first kappa shape index (κ1) is 16.5. The van der Waals surface area contributed by atoms with Crippen LogP contribution in [0.25, 0.3) is 0 Å². The number of carbonyl (C=O) groups excluding carboxylic acids is 1. The van der Waals surface area contributed by atoms with Crippen LogP contribution in [0.4, 0.5) is 5.69 Å². The Morgan fingerprint density at radius 3 is 2.64 bits per heavy atom. The standard InChI is InChI=1S/C15H15ClN2O3S/c1-20-12-8-11(13(21-2)7-10(12)16)18-14(19)9-5-4-6-17-15(9)22-3/h4-8H,1-3H3,(H,18,19). The predicted octanol–water partition coefficient (Wildman–Crippen LogP) is 3.73. The average Bonchev–Trinajstić information content (AvgIpc) is 2.55. The SMILES string of the molecule is COc1cc(NC(=O)c2cccnc2SC)c(OC)cc1Cl. The summed E-state index contributed by atoms with van der Waals surface area (Å²) in [5, 5.41) is 3.86. The van der Waals surface area contributed by atoms with Gasteiger partial charge in [-0.05, 0) is 18.4 Å². The predicted molar refractivity (Wildman–Crippen MR) is 88.5 cm³/mol. The van der Waals surface area contributed by atoms with Gasteiger partial charge < -0.3 is 14.8 Å². The molecular formula is C15H15ClN2O3S. The summed E-state index contributed by atoms with van der Waals surface area (Å²) in [6.07, 6.45) is 3.51. The maximum atomic E-state index is 12.5. The lowest BCUT2D eigenvalue weighted by atomic mass is 10.2. The number of ether oxygens (including phenoxy) is 2. The van der Waals surface area contributed by atoms with Gasteiger partial charge in [0, 0.05) is 18.3 Å². The molecule has 0 atom stereocenters. The van der Waals surface area contributed by atoms with Crippen molar-refractivity contribution >= 4 is 35.0 Å². The minimum atomic E-state index is -0.278. The topological polar surface area (TPSA) is 60.5 Å². The molecule has 0 saturated carbocycles. The number of aromatic nitrogens is 1. The Morgan fingerprint density at radius 2 is 2.00 bits per heavy atom. The molecular weight excluding hydrogens is 324 g/mol. The van der Waals surface area contributed by atoms with Crippen LogP contribution in [0.5, 0.6) is 11.5 Å². The van der Waals surface area contributed by atoms with Crippen molar-refractivity contribution in [2.24, 2.45) is 0 Å². The number of hydrogen-bond acceptors (Lipinski definition) is 5. The Bertz CT molecular complexity index is 694. The van der Waals surface area contributed by atoms with Gasteiger partial charge in [-0.2, -0.15) is 0 Å². The van der Waals surface area contributed by atoms with E-state index in [2.05, 4.69) is 10.3 Å². The second-order valence-corrected chi connectivity index (χ2v) is 5.40. The summed E-state index contributed by atoms with van der Waals surface area (Å²) in [7, 11) is 3.01. The summed E-state index contributed by atoms with van der Waals surface area (Å²) in [6.45, 7) is 0. The van der Waals surface area contributed by atoms with Gasteiger partial charge in [-0.15, -0.1) is 11.8 Å². The van der Waals surface area contributed by atoms with Crippen LogP contribution in [0.1, 0.15) is 10.4 Å². The summed E-state index contributed by atoms with van der Waals surface area (Å²) in [4.78, 5) is 16.6. The van der Waals surface area contributed by atoms with Crippen LogP contribution < -0.4 is 14.8 Å². The number of anilines is 1. The molecule has 1 amide bonds. The molecule has 2 aromatic rings. The lowest BCUT2D eigenvalue weighted by Gasteiger charge is -2.13. The van der Waals surface area contributed by atoms with Gasteiger partial charge in [0.1, 0.15) is 16.5 Å². The lowest BCUT2D eigenvalue weighted by Crippen LogP contribution is -2.14. The van der Waals surface area contributed by atoms with E-state index < -0.39 is 0 Å². The Labute approximate surface area is 138 Å². The quantitative estimate of drug-likeness (QED) is 0.842. The van der Waals surface area contributed by atoms with E-state index >= 15 is 0 Å². The van der Waals surface area contributed by atoms with Crippen molar-refractivity contribution in [3.05, 3.63) is 41.0 Å². The summed E-state index contributed by atoms with van der Waals surface area (Å²) < 4.78 is 10.4. The van der Waals surface area contributed by atoms with E-state index in [1.807, 2.05) is 6.26 Å². The van der Waals surface area contributed by atoms with Gasteiger partial charge in [0.05, 0.1) is 30.5 Å². The molecule has 0 fully saturated rings. The Hall–Kier alpha value is -1.92. The third-order valence-corrected chi connectivity index (χ3v) is 3.94. The summed E-state index contributed by atoms with van der Waals surface area (Å²) in [6, 6.07) is 6.64. The molecule has 1 N–H and O–H groups in total. The van der Waals surface area contributed by atoms with Crippen LogP contribution in [0.3, 0.4) is 0 Å². The van der Waals surface area contributed by atoms with Crippen molar-refractivity contribution in [1.29, 1.82) is 0 Å². The molecule has 0 aliphatic rings. The van der Waals surface area contributed by atoms with E-state index in [9.17, 15) is 4.79 Å². The molecule has 0 bridgehead atoms. The molecule has 5 nitrogen and oxygen atoms in total. The Balaban J connectivity index is 2.35. The molecule has 7 heteroatoms. The third-order valence-electron chi connectivity index (χ3n) is 2.93. The van der Waals surface area contributed by atoms with Crippen LogP contribution in [0.15, 0.2) is 35.5 Å².